The molecule has 0 radical (unpaired) electrons. The highest BCUT2D eigenvalue weighted by molar-refractivity contribution is 7.80. The van der Waals surface area contributed by atoms with Crippen LogP contribution in [0.4, 0.5) is 11.4 Å². The monoisotopic (exact) mass is 353 g/mol. The molecule has 1 aliphatic heterocycles. The average Bonchev–Trinajstić information content (AvgIpc) is 2.89. The molecule has 1 amide bonds. The lowest BCUT2D eigenvalue weighted by molar-refractivity contribution is -0.113. The lowest BCUT2D eigenvalue weighted by Crippen LogP contribution is -2.30. The van der Waals surface area contributed by atoms with Crippen LogP contribution >= 0.6 is 12.2 Å². The highest BCUT2D eigenvalue weighted by atomic mass is 32.1. The number of rotatable bonds is 4. The maximum Gasteiger partial charge on any atom is 0.281 e. The van der Waals surface area contributed by atoms with E-state index in [1.54, 1.807) is 19.3 Å². The van der Waals surface area contributed by atoms with Crippen molar-refractivity contribution in [3.63, 3.8) is 0 Å². The van der Waals surface area contributed by atoms with Crippen LogP contribution in [-0.4, -0.2) is 32.2 Å². The number of anilines is 2. The topological polar surface area (TPSA) is 44.8 Å². The fourth-order valence-electron chi connectivity index (χ4n) is 2.55. The number of carbonyl (C=O) groups is 1. The Morgan fingerprint density at radius 3 is 2.52 bits per heavy atom. The molecule has 128 valence electrons. The van der Waals surface area contributed by atoms with Crippen LogP contribution in [0.2, 0.25) is 0 Å². The number of amides is 1. The number of nitrogens with zero attached hydrogens (tertiary/aromatic N) is 2. The lowest BCUT2D eigenvalue weighted by atomic mass is 10.1. The highest BCUT2D eigenvalue weighted by Gasteiger charge is 2.32. The summed E-state index contributed by atoms with van der Waals surface area (Å²) in [7, 11) is 5.56. The Balaban J connectivity index is 1.87. The van der Waals surface area contributed by atoms with Crippen LogP contribution in [0.15, 0.2) is 54.2 Å². The summed E-state index contributed by atoms with van der Waals surface area (Å²) in [5, 5.41) is 3.35. The first-order valence-electron chi connectivity index (χ1n) is 7.78. The van der Waals surface area contributed by atoms with Gasteiger partial charge in [0, 0.05) is 25.8 Å². The summed E-state index contributed by atoms with van der Waals surface area (Å²) in [4.78, 5) is 16.2. The number of carbonyl (C=O) groups excluding carboxylic acids is 1. The molecule has 2 aromatic rings. The molecule has 1 fully saturated rings. The highest BCUT2D eigenvalue weighted by Crippen LogP contribution is 2.26. The second-order valence-corrected chi connectivity index (χ2v) is 6.20. The molecular weight excluding hydrogens is 334 g/mol. The minimum absolute atomic E-state index is 0.185. The van der Waals surface area contributed by atoms with Gasteiger partial charge in [-0.3, -0.25) is 9.69 Å². The third-order valence-electron chi connectivity index (χ3n) is 3.91. The van der Waals surface area contributed by atoms with Crippen molar-refractivity contribution in [2.75, 3.05) is 31.0 Å². The maximum absolute atomic E-state index is 12.8. The van der Waals surface area contributed by atoms with E-state index >= 15 is 0 Å². The van der Waals surface area contributed by atoms with Crippen molar-refractivity contribution >= 4 is 40.7 Å². The molecule has 0 bridgehead atoms. The van der Waals surface area contributed by atoms with Crippen LogP contribution in [0, 0.1) is 0 Å². The third kappa shape index (κ3) is 3.49. The largest absolute Gasteiger partial charge is 0.497 e. The van der Waals surface area contributed by atoms with Gasteiger partial charge in [0.05, 0.1) is 12.8 Å². The van der Waals surface area contributed by atoms with Gasteiger partial charge in [-0.25, -0.2) is 0 Å². The second-order valence-electron chi connectivity index (χ2n) is 5.82. The number of thiocarbonyl (C=S) groups is 1. The number of methoxy groups -OCH3 is 1. The SMILES string of the molecule is COc1cccc(N2C(=O)C(=Cc3ccc(N(C)C)cc3)NC2=S)c1. The van der Waals surface area contributed by atoms with Crippen LogP contribution in [0.3, 0.4) is 0 Å². The summed E-state index contributed by atoms with van der Waals surface area (Å²) >= 11 is 5.33. The molecule has 0 saturated carbocycles. The van der Waals surface area contributed by atoms with Gasteiger partial charge in [-0.1, -0.05) is 18.2 Å². The predicted molar refractivity (Wildman–Crippen MR) is 105 cm³/mol. The first kappa shape index (κ1) is 17.0. The number of hydrogen-bond acceptors (Lipinski definition) is 4. The van der Waals surface area contributed by atoms with E-state index in [1.165, 1.54) is 4.90 Å². The molecule has 0 aromatic heterocycles. The number of hydrogen-bond donors (Lipinski definition) is 1. The van der Waals surface area contributed by atoms with Gasteiger partial charge in [0.1, 0.15) is 11.4 Å². The Kier molecular flexibility index (Phi) is 4.72. The first-order valence-corrected chi connectivity index (χ1v) is 8.19. The molecule has 1 N–H and O–H groups in total. The fourth-order valence-corrected chi connectivity index (χ4v) is 2.85. The Bertz CT molecular complexity index is 844. The molecule has 1 aliphatic rings. The summed E-state index contributed by atoms with van der Waals surface area (Å²) in [6.45, 7) is 0. The van der Waals surface area contributed by atoms with Gasteiger partial charge >= 0.3 is 0 Å². The van der Waals surface area contributed by atoms with Crippen molar-refractivity contribution in [1.82, 2.24) is 5.32 Å². The Labute approximate surface area is 152 Å². The first-order chi connectivity index (χ1) is 12.0. The van der Waals surface area contributed by atoms with E-state index in [0.717, 1.165) is 11.3 Å². The molecule has 0 aliphatic carbocycles. The molecule has 6 heteroatoms. The zero-order valence-corrected chi connectivity index (χ0v) is 15.1. The molecule has 1 heterocycles. The summed E-state index contributed by atoms with van der Waals surface area (Å²) < 4.78 is 5.22. The molecule has 0 spiro atoms. The van der Waals surface area contributed by atoms with Crippen molar-refractivity contribution in [2.45, 2.75) is 0 Å². The van der Waals surface area contributed by atoms with E-state index in [4.69, 9.17) is 17.0 Å². The van der Waals surface area contributed by atoms with E-state index in [2.05, 4.69) is 5.32 Å². The van der Waals surface area contributed by atoms with E-state index in [1.807, 2.05) is 61.5 Å². The smallest absolute Gasteiger partial charge is 0.281 e. The van der Waals surface area contributed by atoms with Crippen LogP contribution in [0.25, 0.3) is 6.08 Å². The molecular formula is C19H19N3O2S. The predicted octanol–water partition coefficient (Wildman–Crippen LogP) is 3.02. The molecule has 0 atom stereocenters. The Hall–Kier alpha value is -2.86. The Morgan fingerprint density at radius 1 is 1.16 bits per heavy atom. The third-order valence-corrected chi connectivity index (χ3v) is 4.19. The van der Waals surface area contributed by atoms with Crippen molar-refractivity contribution in [3.8, 4) is 5.75 Å². The summed E-state index contributed by atoms with van der Waals surface area (Å²) in [5.74, 6) is 0.486. The normalized spacial score (nSPS) is 15.5. The summed E-state index contributed by atoms with van der Waals surface area (Å²) in [5.41, 5.74) is 3.15. The standard InChI is InChI=1S/C19H19N3O2S/c1-21(2)14-9-7-13(8-10-14)11-17-18(23)22(19(25)20-17)15-5-4-6-16(12-15)24-3/h4-12H,1-3H3,(H,20,25). The van der Waals surface area contributed by atoms with Gasteiger partial charge in [-0.15, -0.1) is 0 Å². The number of ether oxygens (including phenoxy) is 1. The van der Waals surface area contributed by atoms with E-state index in [9.17, 15) is 4.79 Å². The Morgan fingerprint density at radius 2 is 1.88 bits per heavy atom. The van der Waals surface area contributed by atoms with Crippen LogP contribution in [-0.2, 0) is 4.79 Å². The van der Waals surface area contributed by atoms with Crippen LogP contribution < -0.4 is 19.9 Å². The van der Waals surface area contributed by atoms with Crippen LogP contribution in [0.5, 0.6) is 5.75 Å². The van der Waals surface area contributed by atoms with E-state index < -0.39 is 0 Å². The molecule has 25 heavy (non-hydrogen) atoms. The van der Waals surface area contributed by atoms with Gasteiger partial charge in [0.15, 0.2) is 5.11 Å². The summed E-state index contributed by atoms with van der Waals surface area (Å²) in [6, 6.07) is 15.2. The molecule has 3 rings (SSSR count). The van der Waals surface area contributed by atoms with E-state index in [-0.39, 0.29) is 5.91 Å². The van der Waals surface area contributed by atoms with Crippen LogP contribution in [0.1, 0.15) is 5.56 Å². The number of nitrogens with one attached hydrogen (secondary N) is 1. The van der Waals surface area contributed by atoms with Crippen molar-refractivity contribution < 1.29 is 9.53 Å². The quantitative estimate of drug-likeness (QED) is 0.676. The summed E-state index contributed by atoms with van der Waals surface area (Å²) in [6.07, 6.45) is 1.80. The zero-order valence-electron chi connectivity index (χ0n) is 14.3. The minimum atomic E-state index is -0.185. The zero-order chi connectivity index (χ0) is 18.0. The minimum Gasteiger partial charge on any atom is -0.497 e. The molecule has 0 unspecified atom stereocenters. The van der Waals surface area contributed by atoms with E-state index in [0.29, 0.717) is 22.2 Å². The van der Waals surface area contributed by atoms with Gasteiger partial charge in [0.25, 0.3) is 5.91 Å². The van der Waals surface area contributed by atoms with Crippen molar-refractivity contribution in [2.24, 2.45) is 0 Å². The number of benzene rings is 2. The second kappa shape index (κ2) is 6.94. The molecule has 2 aromatic carbocycles. The lowest BCUT2D eigenvalue weighted by Gasteiger charge is -2.14. The van der Waals surface area contributed by atoms with Gasteiger partial charge in [-0.2, -0.15) is 0 Å². The van der Waals surface area contributed by atoms with Crippen molar-refractivity contribution in [3.05, 3.63) is 59.8 Å². The van der Waals surface area contributed by atoms with Gasteiger partial charge in [0.2, 0.25) is 0 Å². The average molecular weight is 353 g/mol. The van der Waals surface area contributed by atoms with Crippen molar-refractivity contribution in [1.29, 1.82) is 0 Å². The van der Waals surface area contributed by atoms with Gasteiger partial charge in [-0.05, 0) is 48.1 Å². The maximum atomic E-state index is 12.8. The van der Waals surface area contributed by atoms with Gasteiger partial charge < -0.3 is 15.0 Å². The molecule has 1 saturated heterocycles. The fraction of sp³-hybridized carbons (Fsp3) is 0.158. The molecule has 5 nitrogen and oxygen atoms in total.